The van der Waals surface area contributed by atoms with Crippen molar-refractivity contribution in [3.63, 3.8) is 0 Å². The Labute approximate surface area is 55.1 Å². The molecule has 0 aliphatic rings. The fraction of sp³-hybridized carbons (Fsp3) is 0.600. The second-order valence-corrected chi connectivity index (χ2v) is 3.39. The molecule has 9 heavy (non-hydrogen) atoms. The van der Waals surface area contributed by atoms with E-state index in [1.54, 1.807) is 0 Å². The molecule has 0 aromatic heterocycles. The van der Waals surface area contributed by atoms with Gasteiger partial charge in [-0.1, -0.05) is 19.9 Å². The summed E-state index contributed by atoms with van der Waals surface area (Å²) in [6, 6.07) is 0. The quantitative estimate of drug-likeness (QED) is 0.598. The van der Waals surface area contributed by atoms with Crippen molar-refractivity contribution >= 4 is 10.1 Å². The zero-order valence-corrected chi connectivity index (χ0v) is 6.22. The number of allylic oxidation sites excluding steroid dienone is 1. The Balaban J connectivity index is 4.03. The molecule has 0 fully saturated rings. The Hall–Kier alpha value is -0.350. The van der Waals surface area contributed by atoms with Crippen LogP contribution in [0.5, 0.6) is 0 Å². The van der Waals surface area contributed by atoms with Crippen LogP contribution in [0.4, 0.5) is 0 Å². The fourth-order valence-electron chi connectivity index (χ4n) is 0.256. The largest absolute Gasteiger partial charge is 0.287 e. The smallest absolute Gasteiger partial charge is 0.282 e. The van der Waals surface area contributed by atoms with Gasteiger partial charge in [-0.05, 0) is 5.92 Å². The average Bonchev–Trinajstić information content (AvgIpc) is 1.59. The molecule has 0 atom stereocenters. The Morgan fingerprint density at radius 3 is 2.00 bits per heavy atom. The van der Waals surface area contributed by atoms with E-state index in [9.17, 15) is 8.42 Å². The summed E-state index contributed by atoms with van der Waals surface area (Å²) in [6.45, 7) is 3.64. The summed E-state index contributed by atoms with van der Waals surface area (Å²) in [5, 5.41) is 0.789. The number of hydrogen-bond donors (Lipinski definition) is 1. The molecule has 0 heterocycles. The van der Waals surface area contributed by atoms with E-state index in [2.05, 4.69) is 0 Å². The third-order valence-electron chi connectivity index (χ3n) is 0.635. The first kappa shape index (κ1) is 8.65. The lowest BCUT2D eigenvalue weighted by Gasteiger charge is -1.89. The summed E-state index contributed by atoms with van der Waals surface area (Å²) in [7, 11) is -3.90. The zero-order valence-electron chi connectivity index (χ0n) is 5.40. The van der Waals surface area contributed by atoms with Crippen molar-refractivity contribution in [2.24, 2.45) is 5.92 Å². The van der Waals surface area contributed by atoms with E-state index < -0.39 is 10.1 Å². The highest BCUT2D eigenvalue weighted by atomic mass is 32.2. The molecule has 0 aliphatic heterocycles. The van der Waals surface area contributed by atoms with Gasteiger partial charge in [0.1, 0.15) is 0 Å². The maximum absolute atomic E-state index is 10.0. The first-order chi connectivity index (χ1) is 3.92. The molecule has 0 unspecified atom stereocenters. The van der Waals surface area contributed by atoms with Crippen molar-refractivity contribution in [1.82, 2.24) is 0 Å². The summed E-state index contributed by atoms with van der Waals surface area (Å²) < 4.78 is 28.2. The van der Waals surface area contributed by atoms with Crippen molar-refractivity contribution < 1.29 is 13.0 Å². The predicted molar refractivity (Wildman–Crippen MR) is 35.5 cm³/mol. The van der Waals surface area contributed by atoms with Crippen molar-refractivity contribution in [2.75, 3.05) is 0 Å². The van der Waals surface area contributed by atoms with Crippen LogP contribution >= 0.6 is 0 Å². The average molecular weight is 150 g/mol. The Morgan fingerprint density at radius 1 is 1.44 bits per heavy atom. The third kappa shape index (κ3) is 7.65. The summed E-state index contributed by atoms with van der Waals surface area (Å²) in [5.74, 6) is 0.145. The van der Waals surface area contributed by atoms with Crippen molar-refractivity contribution in [2.45, 2.75) is 13.8 Å². The minimum atomic E-state index is -3.90. The van der Waals surface area contributed by atoms with E-state index in [0.717, 1.165) is 5.41 Å². The van der Waals surface area contributed by atoms with Gasteiger partial charge in [0.25, 0.3) is 10.1 Å². The summed E-state index contributed by atoms with van der Waals surface area (Å²) >= 11 is 0. The van der Waals surface area contributed by atoms with Crippen LogP contribution in [-0.4, -0.2) is 13.0 Å². The highest BCUT2D eigenvalue weighted by Crippen LogP contribution is 1.95. The topological polar surface area (TPSA) is 54.4 Å². The molecule has 0 bridgehead atoms. The Kier molecular flexibility index (Phi) is 2.87. The Morgan fingerprint density at radius 2 is 1.89 bits per heavy atom. The van der Waals surface area contributed by atoms with Crippen molar-refractivity contribution in [3.8, 4) is 0 Å². The fourth-order valence-corrected chi connectivity index (χ4v) is 0.769. The van der Waals surface area contributed by atoms with Crippen molar-refractivity contribution in [3.05, 3.63) is 11.5 Å². The molecule has 0 amide bonds. The van der Waals surface area contributed by atoms with Gasteiger partial charge in [0.15, 0.2) is 0 Å². The van der Waals surface area contributed by atoms with E-state index in [0.29, 0.717) is 0 Å². The molecule has 54 valence electrons. The van der Waals surface area contributed by atoms with Gasteiger partial charge >= 0.3 is 0 Å². The molecular weight excluding hydrogens is 140 g/mol. The van der Waals surface area contributed by atoms with Crippen molar-refractivity contribution in [1.29, 1.82) is 0 Å². The number of rotatable bonds is 2. The van der Waals surface area contributed by atoms with Gasteiger partial charge in [-0.25, -0.2) is 0 Å². The molecule has 4 heteroatoms. The Bertz CT molecular complexity index is 188. The number of hydrogen-bond acceptors (Lipinski definition) is 2. The summed E-state index contributed by atoms with van der Waals surface area (Å²) in [5.41, 5.74) is 0. The van der Waals surface area contributed by atoms with Crippen LogP contribution in [0.15, 0.2) is 11.5 Å². The van der Waals surface area contributed by atoms with Gasteiger partial charge < -0.3 is 0 Å². The molecule has 0 spiro atoms. The predicted octanol–water partition coefficient (Wildman–Crippen LogP) is 1.04. The molecule has 0 aromatic carbocycles. The highest BCUT2D eigenvalue weighted by molar-refractivity contribution is 7.88. The van der Waals surface area contributed by atoms with Crippen LogP contribution in [-0.2, 0) is 10.1 Å². The van der Waals surface area contributed by atoms with Crippen LogP contribution in [0.3, 0.4) is 0 Å². The summed E-state index contributed by atoms with van der Waals surface area (Å²) in [6.07, 6.45) is 1.41. The van der Waals surface area contributed by atoms with Gasteiger partial charge in [0.05, 0.1) is 5.41 Å². The standard InChI is InChI=1S/C5H10O3S/c1-5(2)3-4-9(6,7)8/h3-5H,1-2H3,(H,6,7,8). The van der Waals surface area contributed by atoms with E-state index in [-0.39, 0.29) is 5.92 Å². The summed E-state index contributed by atoms with van der Waals surface area (Å²) in [4.78, 5) is 0. The van der Waals surface area contributed by atoms with Gasteiger partial charge in [0, 0.05) is 0 Å². The van der Waals surface area contributed by atoms with E-state index >= 15 is 0 Å². The molecule has 3 nitrogen and oxygen atoms in total. The maximum atomic E-state index is 10.0. The van der Waals surface area contributed by atoms with Gasteiger partial charge in [-0.15, -0.1) is 0 Å². The molecule has 0 aliphatic carbocycles. The second kappa shape index (κ2) is 2.98. The van der Waals surface area contributed by atoms with Crippen LogP contribution in [0.25, 0.3) is 0 Å². The third-order valence-corrected chi connectivity index (χ3v) is 1.14. The molecule has 0 rings (SSSR count). The zero-order chi connectivity index (χ0) is 7.49. The minimum absolute atomic E-state index is 0.145. The van der Waals surface area contributed by atoms with Crippen LogP contribution in [0, 0.1) is 5.92 Å². The van der Waals surface area contributed by atoms with Gasteiger partial charge in [-0.2, -0.15) is 8.42 Å². The van der Waals surface area contributed by atoms with Gasteiger partial charge in [-0.3, -0.25) is 4.55 Å². The molecule has 0 radical (unpaired) electrons. The maximum Gasteiger partial charge on any atom is 0.287 e. The van der Waals surface area contributed by atoms with Crippen LogP contribution < -0.4 is 0 Å². The lowest BCUT2D eigenvalue weighted by Crippen LogP contribution is -1.90. The lowest BCUT2D eigenvalue weighted by molar-refractivity contribution is 0.494. The minimum Gasteiger partial charge on any atom is -0.282 e. The second-order valence-electron chi connectivity index (χ2n) is 2.09. The first-order valence-electron chi connectivity index (χ1n) is 2.57. The molecule has 0 saturated heterocycles. The lowest BCUT2D eigenvalue weighted by atomic mass is 10.2. The molecule has 1 N–H and O–H groups in total. The van der Waals surface area contributed by atoms with E-state index in [1.165, 1.54) is 6.08 Å². The SMILES string of the molecule is CC(C)C=CS(=O)(=O)O. The molecular formula is C5H10O3S. The highest BCUT2D eigenvalue weighted by Gasteiger charge is 1.94. The molecule has 0 aromatic rings. The van der Waals surface area contributed by atoms with Crippen LogP contribution in [0.1, 0.15) is 13.8 Å². The van der Waals surface area contributed by atoms with E-state index in [4.69, 9.17) is 4.55 Å². The first-order valence-corrected chi connectivity index (χ1v) is 4.08. The van der Waals surface area contributed by atoms with Crippen LogP contribution in [0.2, 0.25) is 0 Å². The molecule has 0 saturated carbocycles. The van der Waals surface area contributed by atoms with Gasteiger partial charge in [0.2, 0.25) is 0 Å². The normalized spacial score (nSPS) is 13.3. The van der Waals surface area contributed by atoms with E-state index in [1.807, 2.05) is 13.8 Å². The monoisotopic (exact) mass is 150 g/mol.